The van der Waals surface area contributed by atoms with Crippen LogP contribution in [-0.2, 0) is 12.8 Å². The van der Waals surface area contributed by atoms with E-state index in [1.54, 1.807) is 0 Å². The Balaban J connectivity index is 1.87. The number of benzene rings is 1. The molecule has 0 fully saturated rings. The summed E-state index contributed by atoms with van der Waals surface area (Å²) in [5.41, 5.74) is 13.2. The van der Waals surface area contributed by atoms with Crippen molar-refractivity contribution in [2.45, 2.75) is 33.1 Å². The topological polar surface area (TPSA) is 83.4 Å². The standard InChI is InChI=1S/C20H21N5/c1-20(2)8-6-13-14(10-20)16-18(21)24-25-19(16)23-17(13)12-4-3-5-15-11(12)7-9-22-15/h3-5,7,9,22H,6,8,10H2,1-2H3,(H3,21,23,24,25). The molecule has 4 N–H and O–H groups in total. The summed E-state index contributed by atoms with van der Waals surface area (Å²) in [5, 5.41) is 9.49. The predicted octanol–water partition coefficient (Wildman–Crippen LogP) is 4.20. The van der Waals surface area contributed by atoms with E-state index in [-0.39, 0.29) is 5.41 Å². The van der Waals surface area contributed by atoms with Gasteiger partial charge < -0.3 is 10.7 Å². The van der Waals surface area contributed by atoms with E-state index in [9.17, 15) is 0 Å². The van der Waals surface area contributed by atoms with Gasteiger partial charge in [-0.15, -0.1) is 0 Å². The van der Waals surface area contributed by atoms with E-state index in [0.717, 1.165) is 47.1 Å². The summed E-state index contributed by atoms with van der Waals surface area (Å²) in [6.07, 6.45) is 5.16. The van der Waals surface area contributed by atoms with Gasteiger partial charge in [0.25, 0.3) is 0 Å². The van der Waals surface area contributed by atoms with Crippen LogP contribution in [0.25, 0.3) is 33.2 Å². The molecule has 3 heterocycles. The molecule has 1 aliphatic carbocycles. The Bertz CT molecular complexity index is 1120. The monoisotopic (exact) mass is 331 g/mol. The van der Waals surface area contributed by atoms with Gasteiger partial charge >= 0.3 is 0 Å². The van der Waals surface area contributed by atoms with E-state index >= 15 is 0 Å². The number of aromatic amines is 2. The van der Waals surface area contributed by atoms with Crippen molar-refractivity contribution in [2.24, 2.45) is 5.41 Å². The lowest BCUT2D eigenvalue weighted by Gasteiger charge is -2.32. The summed E-state index contributed by atoms with van der Waals surface area (Å²) >= 11 is 0. The highest BCUT2D eigenvalue weighted by Gasteiger charge is 2.31. The molecular weight excluding hydrogens is 310 g/mol. The summed E-state index contributed by atoms with van der Waals surface area (Å²) in [6.45, 7) is 4.65. The van der Waals surface area contributed by atoms with Crippen LogP contribution in [-0.4, -0.2) is 20.2 Å². The van der Waals surface area contributed by atoms with Gasteiger partial charge in [-0.1, -0.05) is 26.0 Å². The number of anilines is 1. The molecule has 126 valence electrons. The van der Waals surface area contributed by atoms with E-state index in [1.165, 1.54) is 16.5 Å². The van der Waals surface area contributed by atoms with Crippen LogP contribution in [0, 0.1) is 5.41 Å². The highest BCUT2D eigenvalue weighted by atomic mass is 15.2. The molecule has 0 atom stereocenters. The molecule has 5 rings (SSSR count). The Morgan fingerprint density at radius 1 is 1.16 bits per heavy atom. The quantitative estimate of drug-likeness (QED) is 0.489. The van der Waals surface area contributed by atoms with Gasteiger partial charge in [-0.3, -0.25) is 5.10 Å². The minimum Gasteiger partial charge on any atom is -0.384 e. The lowest BCUT2D eigenvalue weighted by atomic mass is 9.73. The second-order valence-electron chi connectivity index (χ2n) is 7.84. The molecule has 1 aromatic carbocycles. The maximum atomic E-state index is 6.19. The van der Waals surface area contributed by atoms with E-state index in [0.29, 0.717) is 5.82 Å². The van der Waals surface area contributed by atoms with Crippen molar-refractivity contribution in [2.75, 3.05) is 5.73 Å². The van der Waals surface area contributed by atoms with Crippen LogP contribution in [0.15, 0.2) is 30.5 Å². The highest BCUT2D eigenvalue weighted by molar-refractivity contribution is 5.99. The molecule has 3 aromatic heterocycles. The van der Waals surface area contributed by atoms with E-state index < -0.39 is 0 Å². The molecule has 0 aliphatic heterocycles. The average molecular weight is 331 g/mol. The molecule has 0 bridgehead atoms. The minimum absolute atomic E-state index is 0.266. The summed E-state index contributed by atoms with van der Waals surface area (Å²) < 4.78 is 0. The molecule has 0 radical (unpaired) electrons. The molecule has 0 spiro atoms. The van der Waals surface area contributed by atoms with E-state index in [2.05, 4.69) is 53.3 Å². The zero-order valence-corrected chi connectivity index (χ0v) is 14.5. The molecule has 25 heavy (non-hydrogen) atoms. The first-order chi connectivity index (χ1) is 12.0. The second-order valence-corrected chi connectivity index (χ2v) is 7.84. The molecule has 5 heteroatoms. The number of nitrogens with two attached hydrogens (primary N) is 1. The molecule has 5 nitrogen and oxygen atoms in total. The van der Waals surface area contributed by atoms with Gasteiger partial charge in [0.15, 0.2) is 5.65 Å². The summed E-state index contributed by atoms with van der Waals surface area (Å²) in [5.74, 6) is 0.628. The first-order valence-electron chi connectivity index (χ1n) is 8.75. The first kappa shape index (κ1) is 14.5. The zero-order valence-electron chi connectivity index (χ0n) is 14.5. The SMILES string of the molecule is CC1(C)CCc2c(-c3cccc4[nH]ccc34)nc3n[nH]c(N)c3c2C1. The Kier molecular flexibility index (Phi) is 2.82. The fourth-order valence-corrected chi connectivity index (χ4v) is 4.20. The average Bonchev–Trinajstić information content (AvgIpc) is 3.19. The van der Waals surface area contributed by atoms with E-state index in [4.69, 9.17) is 10.7 Å². The molecule has 0 saturated carbocycles. The van der Waals surface area contributed by atoms with E-state index in [1.807, 2.05) is 6.20 Å². The lowest BCUT2D eigenvalue weighted by Crippen LogP contribution is -2.23. The number of hydrogen-bond acceptors (Lipinski definition) is 3. The maximum absolute atomic E-state index is 6.19. The van der Waals surface area contributed by atoms with Crippen molar-refractivity contribution < 1.29 is 0 Å². The van der Waals surface area contributed by atoms with Crippen molar-refractivity contribution in [1.29, 1.82) is 0 Å². The largest absolute Gasteiger partial charge is 0.384 e. The van der Waals surface area contributed by atoms with Crippen LogP contribution in [0.3, 0.4) is 0 Å². The van der Waals surface area contributed by atoms with Crippen LogP contribution in [0.5, 0.6) is 0 Å². The van der Waals surface area contributed by atoms with Crippen LogP contribution in [0.2, 0.25) is 0 Å². The highest BCUT2D eigenvalue weighted by Crippen LogP contribution is 2.43. The number of H-pyrrole nitrogens is 2. The normalized spacial score (nSPS) is 16.4. The number of rotatable bonds is 1. The number of nitrogen functional groups attached to an aromatic ring is 1. The van der Waals surface area contributed by atoms with Gasteiger partial charge in [0.05, 0.1) is 11.1 Å². The molecule has 0 unspecified atom stereocenters. The molecule has 4 aromatic rings. The Labute approximate surface area is 145 Å². The van der Waals surface area contributed by atoms with Crippen molar-refractivity contribution in [3.05, 3.63) is 41.6 Å². The van der Waals surface area contributed by atoms with Gasteiger partial charge in [0.2, 0.25) is 0 Å². The van der Waals surface area contributed by atoms with Crippen molar-refractivity contribution in [1.82, 2.24) is 20.2 Å². The number of nitrogens with one attached hydrogen (secondary N) is 2. The number of nitrogens with zero attached hydrogens (tertiary/aromatic N) is 2. The van der Waals surface area contributed by atoms with Crippen molar-refractivity contribution >= 4 is 27.8 Å². The van der Waals surface area contributed by atoms with Gasteiger partial charge in [-0.2, -0.15) is 5.10 Å². The summed E-state index contributed by atoms with van der Waals surface area (Å²) in [7, 11) is 0. The summed E-state index contributed by atoms with van der Waals surface area (Å²) in [6, 6.07) is 8.45. The third-order valence-electron chi connectivity index (χ3n) is 5.50. The first-order valence-corrected chi connectivity index (χ1v) is 8.75. The third-order valence-corrected chi connectivity index (χ3v) is 5.50. The molecule has 0 saturated heterocycles. The van der Waals surface area contributed by atoms with Crippen molar-refractivity contribution in [3.8, 4) is 11.3 Å². The van der Waals surface area contributed by atoms with Gasteiger partial charge in [0.1, 0.15) is 5.82 Å². The van der Waals surface area contributed by atoms with Crippen LogP contribution in [0.1, 0.15) is 31.4 Å². The fraction of sp³-hybridized carbons (Fsp3) is 0.300. The third kappa shape index (κ3) is 2.08. The molecular formula is C20H21N5. The second kappa shape index (κ2) is 4.85. The Morgan fingerprint density at radius 3 is 2.92 bits per heavy atom. The predicted molar refractivity (Wildman–Crippen MR) is 101 cm³/mol. The number of hydrogen-bond donors (Lipinski definition) is 3. The van der Waals surface area contributed by atoms with Crippen molar-refractivity contribution in [3.63, 3.8) is 0 Å². The molecule has 1 aliphatic rings. The lowest BCUT2D eigenvalue weighted by molar-refractivity contribution is 0.317. The zero-order chi connectivity index (χ0) is 17.2. The van der Waals surface area contributed by atoms with Crippen LogP contribution >= 0.6 is 0 Å². The van der Waals surface area contributed by atoms with Gasteiger partial charge in [-0.05, 0) is 47.9 Å². The Morgan fingerprint density at radius 2 is 2.04 bits per heavy atom. The molecule has 0 amide bonds. The maximum Gasteiger partial charge on any atom is 0.183 e. The van der Waals surface area contributed by atoms with Gasteiger partial charge in [0, 0.05) is 22.7 Å². The van der Waals surface area contributed by atoms with Crippen LogP contribution < -0.4 is 5.73 Å². The number of pyridine rings is 1. The summed E-state index contributed by atoms with van der Waals surface area (Å²) in [4.78, 5) is 8.22. The fourth-order valence-electron chi connectivity index (χ4n) is 4.20. The van der Waals surface area contributed by atoms with Gasteiger partial charge in [-0.25, -0.2) is 4.98 Å². The number of fused-ring (bicyclic) bond motifs is 4. The number of aromatic nitrogens is 4. The Hall–Kier alpha value is -2.82. The van der Waals surface area contributed by atoms with Crippen LogP contribution in [0.4, 0.5) is 5.82 Å². The minimum atomic E-state index is 0.266. The smallest absolute Gasteiger partial charge is 0.183 e.